The third-order valence-electron chi connectivity index (χ3n) is 2.28. The van der Waals surface area contributed by atoms with Gasteiger partial charge in [-0.3, -0.25) is 0 Å². The number of methoxy groups -OCH3 is 1. The van der Waals surface area contributed by atoms with Crippen LogP contribution in [0.1, 0.15) is 11.6 Å². The SMILES string of the molecule is COc1cccc(O)c1[C@H]1COC(=O)N1.Cl. The van der Waals surface area contributed by atoms with Gasteiger partial charge in [-0.25, -0.2) is 4.79 Å². The maximum absolute atomic E-state index is 10.9. The molecule has 0 bridgehead atoms. The number of amides is 1. The summed E-state index contributed by atoms with van der Waals surface area (Å²) in [5.41, 5.74) is 0.547. The molecule has 1 fully saturated rings. The summed E-state index contributed by atoms with van der Waals surface area (Å²) in [5.74, 6) is 0.621. The van der Waals surface area contributed by atoms with Gasteiger partial charge < -0.3 is 19.9 Å². The summed E-state index contributed by atoms with van der Waals surface area (Å²) >= 11 is 0. The molecule has 1 amide bonds. The Hall–Kier alpha value is -1.62. The molecule has 0 unspecified atom stereocenters. The standard InChI is InChI=1S/C10H11NO4.ClH/c1-14-8-4-2-3-7(12)9(8)6-5-15-10(13)11-6;/h2-4,6,12H,5H2,1H3,(H,11,13);1H/t6-;/m1./s1. The highest BCUT2D eigenvalue weighted by Gasteiger charge is 2.28. The smallest absolute Gasteiger partial charge is 0.407 e. The van der Waals surface area contributed by atoms with E-state index in [4.69, 9.17) is 9.47 Å². The number of alkyl carbamates (subject to hydrolysis) is 1. The highest BCUT2D eigenvalue weighted by Crippen LogP contribution is 2.34. The zero-order chi connectivity index (χ0) is 10.8. The van der Waals surface area contributed by atoms with Crippen molar-refractivity contribution in [2.24, 2.45) is 0 Å². The van der Waals surface area contributed by atoms with Crippen molar-refractivity contribution in [3.8, 4) is 11.5 Å². The summed E-state index contributed by atoms with van der Waals surface area (Å²) in [7, 11) is 1.51. The van der Waals surface area contributed by atoms with E-state index in [1.165, 1.54) is 7.11 Å². The van der Waals surface area contributed by atoms with E-state index in [9.17, 15) is 9.90 Å². The van der Waals surface area contributed by atoms with Gasteiger partial charge in [0.2, 0.25) is 0 Å². The van der Waals surface area contributed by atoms with Gasteiger partial charge in [0, 0.05) is 0 Å². The molecule has 2 rings (SSSR count). The van der Waals surface area contributed by atoms with Crippen molar-refractivity contribution >= 4 is 18.5 Å². The molecule has 2 N–H and O–H groups in total. The van der Waals surface area contributed by atoms with Crippen LogP contribution in [0.3, 0.4) is 0 Å². The van der Waals surface area contributed by atoms with Crippen LogP contribution >= 0.6 is 12.4 Å². The van der Waals surface area contributed by atoms with E-state index in [-0.39, 0.29) is 30.8 Å². The van der Waals surface area contributed by atoms with E-state index in [2.05, 4.69) is 5.32 Å². The first-order valence-electron chi connectivity index (χ1n) is 4.51. The van der Waals surface area contributed by atoms with Crippen molar-refractivity contribution in [3.63, 3.8) is 0 Å². The van der Waals surface area contributed by atoms with Crippen LogP contribution in [0.4, 0.5) is 4.79 Å². The third-order valence-corrected chi connectivity index (χ3v) is 2.28. The van der Waals surface area contributed by atoms with Crippen LogP contribution in [0.2, 0.25) is 0 Å². The number of ether oxygens (including phenoxy) is 2. The molecule has 0 saturated carbocycles. The fourth-order valence-corrected chi connectivity index (χ4v) is 1.60. The van der Waals surface area contributed by atoms with Crippen molar-refractivity contribution in [3.05, 3.63) is 23.8 Å². The van der Waals surface area contributed by atoms with Crippen molar-refractivity contribution in [1.29, 1.82) is 0 Å². The monoisotopic (exact) mass is 245 g/mol. The zero-order valence-corrected chi connectivity index (χ0v) is 9.41. The first-order chi connectivity index (χ1) is 7.22. The Bertz CT molecular complexity index is 396. The number of halogens is 1. The second kappa shape index (κ2) is 4.94. The van der Waals surface area contributed by atoms with E-state index in [1.807, 2.05) is 0 Å². The molecule has 1 aromatic rings. The first kappa shape index (κ1) is 12.4. The normalized spacial score (nSPS) is 18.3. The number of cyclic esters (lactones) is 1. The maximum Gasteiger partial charge on any atom is 0.407 e. The fourth-order valence-electron chi connectivity index (χ4n) is 1.60. The van der Waals surface area contributed by atoms with Crippen LogP contribution in [0.5, 0.6) is 11.5 Å². The summed E-state index contributed by atoms with van der Waals surface area (Å²) in [6.45, 7) is 0.201. The topological polar surface area (TPSA) is 67.8 Å². The Morgan fingerprint density at radius 2 is 2.31 bits per heavy atom. The number of carbonyl (C=O) groups excluding carboxylic acids is 1. The van der Waals surface area contributed by atoms with Crippen LogP contribution in [-0.2, 0) is 4.74 Å². The maximum atomic E-state index is 10.9. The molecule has 0 aliphatic carbocycles. The molecule has 16 heavy (non-hydrogen) atoms. The number of phenols is 1. The molecule has 0 spiro atoms. The van der Waals surface area contributed by atoms with Gasteiger partial charge in [0.15, 0.2) is 0 Å². The highest BCUT2D eigenvalue weighted by molar-refractivity contribution is 5.85. The minimum Gasteiger partial charge on any atom is -0.507 e. The Kier molecular flexibility index (Phi) is 3.84. The third kappa shape index (κ3) is 2.14. The lowest BCUT2D eigenvalue weighted by Gasteiger charge is -2.14. The van der Waals surface area contributed by atoms with Gasteiger partial charge in [-0.15, -0.1) is 12.4 Å². The lowest BCUT2D eigenvalue weighted by atomic mass is 10.1. The number of nitrogens with one attached hydrogen (secondary N) is 1. The number of aromatic hydroxyl groups is 1. The Morgan fingerprint density at radius 3 is 2.88 bits per heavy atom. The molecule has 88 valence electrons. The minimum absolute atomic E-state index is 0. The Labute approximate surface area is 98.8 Å². The van der Waals surface area contributed by atoms with Gasteiger partial charge in [0.1, 0.15) is 18.1 Å². The van der Waals surface area contributed by atoms with E-state index < -0.39 is 6.09 Å². The number of carbonyl (C=O) groups is 1. The van der Waals surface area contributed by atoms with E-state index >= 15 is 0 Å². The van der Waals surface area contributed by atoms with Gasteiger partial charge in [0.05, 0.1) is 18.7 Å². The number of hydrogen-bond acceptors (Lipinski definition) is 4. The second-order valence-electron chi connectivity index (χ2n) is 3.19. The van der Waals surface area contributed by atoms with E-state index in [0.29, 0.717) is 11.3 Å². The average molecular weight is 246 g/mol. The van der Waals surface area contributed by atoms with Crippen LogP contribution in [-0.4, -0.2) is 24.9 Å². The molecule has 0 radical (unpaired) electrons. The Morgan fingerprint density at radius 1 is 1.56 bits per heavy atom. The number of phenolic OH excluding ortho intramolecular Hbond substituents is 1. The van der Waals surface area contributed by atoms with Crippen molar-refractivity contribution < 1.29 is 19.4 Å². The van der Waals surface area contributed by atoms with Crippen molar-refractivity contribution in [1.82, 2.24) is 5.32 Å². The lowest BCUT2D eigenvalue weighted by Crippen LogP contribution is -2.19. The summed E-state index contributed by atoms with van der Waals surface area (Å²) in [5, 5.41) is 12.3. The van der Waals surface area contributed by atoms with Gasteiger partial charge >= 0.3 is 6.09 Å². The van der Waals surface area contributed by atoms with Crippen LogP contribution in [0.15, 0.2) is 18.2 Å². The first-order valence-corrected chi connectivity index (χ1v) is 4.51. The summed E-state index contributed by atoms with van der Waals surface area (Å²) in [6.07, 6.45) is -0.481. The van der Waals surface area contributed by atoms with Crippen LogP contribution in [0, 0.1) is 0 Å². The Balaban J connectivity index is 0.00000128. The minimum atomic E-state index is -0.481. The molecular weight excluding hydrogens is 234 g/mol. The van der Waals surface area contributed by atoms with Gasteiger partial charge in [0.25, 0.3) is 0 Å². The number of rotatable bonds is 2. The predicted octanol–water partition coefficient (Wildman–Crippen LogP) is 1.60. The van der Waals surface area contributed by atoms with E-state index in [0.717, 1.165) is 0 Å². The van der Waals surface area contributed by atoms with Crippen molar-refractivity contribution in [2.45, 2.75) is 6.04 Å². The quantitative estimate of drug-likeness (QED) is 0.831. The number of benzene rings is 1. The van der Waals surface area contributed by atoms with E-state index in [1.54, 1.807) is 18.2 Å². The lowest BCUT2D eigenvalue weighted by molar-refractivity contribution is 0.176. The van der Waals surface area contributed by atoms with Crippen molar-refractivity contribution in [2.75, 3.05) is 13.7 Å². The summed E-state index contributed by atoms with van der Waals surface area (Å²) in [6, 6.07) is 4.59. The predicted molar refractivity (Wildman–Crippen MR) is 59.1 cm³/mol. The summed E-state index contributed by atoms with van der Waals surface area (Å²) in [4.78, 5) is 10.9. The number of hydrogen-bond donors (Lipinski definition) is 2. The van der Waals surface area contributed by atoms with Gasteiger partial charge in [-0.2, -0.15) is 0 Å². The molecule has 1 aromatic carbocycles. The molecule has 1 saturated heterocycles. The fraction of sp³-hybridized carbons (Fsp3) is 0.300. The molecule has 1 heterocycles. The van der Waals surface area contributed by atoms with Gasteiger partial charge in [-0.05, 0) is 12.1 Å². The van der Waals surface area contributed by atoms with Gasteiger partial charge in [-0.1, -0.05) is 6.07 Å². The zero-order valence-electron chi connectivity index (χ0n) is 8.60. The molecule has 1 atom stereocenters. The second-order valence-corrected chi connectivity index (χ2v) is 3.19. The molecule has 1 aliphatic heterocycles. The molecular formula is C10H12ClNO4. The van der Waals surface area contributed by atoms with Crippen LogP contribution in [0.25, 0.3) is 0 Å². The molecule has 5 nitrogen and oxygen atoms in total. The molecule has 1 aliphatic rings. The van der Waals surface area contributed by atoms with Crippen LogP contribution < -0.4 is 10.1 Å². The highest BCUT2D eigenvalue weighted by atomic mass is 35.5. The molecule has 0 aromatic heterocycles. The average Bonchev–Trinajstić information content (AvgIpc) is 2.64. The largest absolute Gasteiger partial charge is 0.507 e. The molecule has 6 heteroatoms. The summed E-state index contributed by atoms with van der Waals surface area (Å²) < 4.78 is 9.86.